The highest BCUT2D eigenvalue weighted by Crippen LogP contribution is 2.37. The van der Waals surface area contributed by atoms with Gasteiger partial charge in [-0.15, -0.1) is 23.6 Å². The van der Waals surface area contributed by atoms with Gasteiger partial charge in [-0.3, -0.25) is 0 Å². The third kappa shape index (κ3) is 3.42. The minimum absolute atomic E-state index is 0.434. The van der Waals surface area contributed by atoms with E-state index in [2.05, 4.69) is 29.3 Å². The fourth-order valence-electron chi connectivity index (χ4n) is 2.01. The second-order valence-electron chi connectivity index (χ2n) is 4.00. The molecule has 90 valence electrons. The van der Waals surface area contributed by atoms with Crippen LogP contribution in [0.25, 0.3) is 0 Å². The molecule has 0 amide bonds. The lowest BCUT2D eigenvalue weighted by atomic mass is 10.0. The highest BCUT2D eigenvalue weighted by Gasteiger charge is 2.19. The largest absolute Gasteiger partial charge is 0.309 e. The van der Waals surface area contributed by atoms with E-state index in [1.165, 1.54) is 16.2 Å². The second-order valence-corrected chi connectivity index (χ2v) is 5.58. The standard InChI is InChI=1S/C14H16ClNS/c1-2-3-4-8-16-13-7-9-17-14-6-5-11(15)10-12(13)14/h5-6,10,13,16H,4,7-9H2,1H3. The average molecular weight is 266 g/mol. The Morgan fingerprint density at radius 3 is 3.24 bits per heavy atom. The Bertz CT molecular complexity index is 447. The van der Waals surface area contributed by atoms with Gasteiger partial charge in [0.2, 0.25) is 0 Å². The predicted molar refractivity (Wildman–Crippen MR) is 75.6 cm³/mol. The monoisotopic (exact) mass is 265 g/mol. The number of nitrogens with one attached hydrogen (secondary N) is 1. The number of thioether (sulfide) groups is 1. The van der Waals surface area contributed by atoms with Gasteiger partial charge in [-0.1, -0.05) is 11.6 Å². The van der Waals surface area contributed by atoms with E-state index in [-0.39, 0.29) is 0 Å². The number of benzene rings is 1. The molecule has 1 atom stereocenters. The van der Waals surface area contributed by atoms with Crippen molar-refractivity contribution >= 4 is 23.4 Å². The fourth-order valence-corrected chi connectivity index (χ4v) is 3.30. The lowest BCUT2D eigenvalue weighted by molar-refractivity contribution is 0.518. The van der Waals surface area contributed by atoms with Crippen LogP contribution in [0.5, 0.6) is 0 Å². The van der Waals surface area contributed by atoms with Crippen LogP contribution in [0.15, 0.2) is 23.1 Å². The zero-order valence-electron chi connectivity index (χ0n) is 9.92. The summed E-state index contributed by atoms with van der Waals surface area (Å²) < 4.78 is 0. The molecule has 0 spiro atoms. The summed E-state index contributed by atoms with van der Waals surface area (Å²) in [6.45, 7) is 2.83. The Labute approximate surface area is 112 Å². The van der Waals surface area contributed by atoms with Crippen molar-refractivity contribution < 1.29 is 0 Å². The van der Waals surface area contributed by atoms with E-state index in [0.29, 0.717) is 6.04 Å². The molecule has 0 saturated carbocycles. The van der Waals surface area contributed by atoms with Gasteiger partial charge in [0.1, 0.15) is 0 Å². The van der Waals surface area contributed by atoms with Crippen LogP contribution in [0, 0.1) is 11.8 Å². The minimum Gasteiger partial charge on any atom is -0.309 e. The van der Waals surface area contributed by atoms with E-state index in [4.69, 9.17) is 11.6 Å². The van der Waals surface area contributed by atoms with E-state index < -0.39 is 0 Å². The van der Waals surface area contributed by atoms with Gasteiger partial charge in [0.15, 0.2) is 0 Å². The molecule has 3 heteroatoms. The lowest BCUT2D eigenvalue weighted by Crippen LogP contribution is -2.25. The number of rotatable bonds is 3. The first-order chi connectivity index (χ1) is 8.31. The molecule has 0 radical (unpaired) electrons. The van der Waals surface area contributed by atoms with E-state index in [0.717, 1.165) is 24.4 Å². The maximum Gasteiger partial charge on any atom is 0.0410 e. The molecule has 1 nitrogen and oxygen atoms in total. The zero-order valence-corrected chi connectivity index (χ0v) is 11.5. The molecule has 0 aliphatic carbocycles. The average Bonchev–Trinajstić information content (AvgIpc) is 2.35. The van der Waals surface area contributed by atoms with Crippen molar-refractivity contribution in [3.63, 3.8) is 0 Å². The molecule has 0 aromatic heterocycles. The highest BCUT2D eigenvalue weighted by molar-refractivity contribution is 7.99. The van der Waals surface area contributed by atoms with E-state index >= 15 is 0 Å². The Morgan fingerprint density at radius 2 is 2.41 bits per heavy atom. The molecule has 17 heavy (non-hydrogen) atoms. The Balaban J connectivity index is 2.05. The van der Waals surface area contributed by atoms with Crippen molar-refractivity contribution in [2.45, 2.75) is 30.7 Å². The molecule has 1 unspecified atom stereocenters. The SMILES string of the molecule is CC#CCCNC1CCSc2ccc(Cl)cc21. The van der Waals surface area contributed by atoms with Crippen LogP contribution >= 0.6 is 23.4 Å². The quantitative estimate of drug-likeness (QED) is 0.658. The maximum absolute atomic E-state index is 6.07. The maximum atomic E-state index is 6.07. The number of halogens is 1. The molecule has 0 saturated heterocycles. The molecule has 1 aromatic carbocycles. The number of fused-ring (bicyclic) bond motifs is 1. The molecule has 1 heterocycles. The summed E-state index contributed by atoms with van der Waals surface area (Å²) in [5, 5.41) is 4.39. The number of hydrogen-bond acceptors (Lipinski definition) is 2. The third-order valence-electron chi connectivity index (χ3n) is 2.83. The van der Waals surface area contributed by atoms with Crippen molar-refractivity contribution in [1.29, 1.82) is 0 Å². The zero-order chi connectivity index (χ0) is 12.1. The minimum atomic E-state index is 0.434. The molecular formula is C14H16ClNS. The van der Waals surface area contributed by atoms with Gasteiger partial charge in [-0.25, -0.2) is 0 Å². The fraction of sp³-hybridized carbons (Fsp3) is 0.429. The van der Waals surface area contributed by atoms with Gasteiger partial charge in [-0.2, -0.15) is 0 Å². The smallest absolute Gasteiger partial charge is 0.0410 e. The Morgan fingerprint density at radius 1 is 1.53 bits per heavy atom. The molecule has 1 aliphatic rings. The van der Waals surface area contributed by atoms with Crippen molar-refractivity contribution in [3.8, 4) is 11.8 Å². The summed E-state index contributed by atoms with van der Waals surface area (Å²) in [6, 6.07) is 6.62. The van der Waals surface area contributed by atoms with Gasteiger partial charge >= 0.3 is 0 Å². The summed E-state index contributed by atoms with van der Waals surface area (Å²) >= 11 is 7.98. The summed E-state index contributed by atoms with van der Waals surface area (Å²) in [7, 11) is 0. The lowest BCUT2D eigenvalue weighted by Gasteiger charge is -2.26. The van der Waals surface area contributed by atoms with E-state index in [9.17, 15) is 0 Å². The predicted octanol–water partition coefficient (Wildman–Crippen LogP) is 3.88. The van der Waals surface area contributed by atoms with E-state index in [1.807, 2.05) is 24.8 Å². The van der Waals surface area contributed by atoms with Crippen LogP contribution in [0.3, 0.4) is 0 Å². The first-order valence-electron chi connectivity index (χ1n) is 5.86. The Hall–Kier alpha value is -0.620. The summed E-state index contributed by atoms with van der Waals surface area (Å²) in [4.78, 5) is 1.36. The molecule has 0 fully saturated rings. The molecule has 1 N–H and O–H groups in total. The van der Waals surface area contributed by atoms with Crippen LogP contribution in [-0.2, 0) is 0 Å². The topological polar surface area (TPSA) is 12.0 Å². The molecular weight excluding hydrogens is 250 g/mol. The van der Waals surface area contributed by atoms with Crippen molar-refractivity contribution in [2.24, 2.45) is 0 Å². The Kier molecular flexibility index (Phi) is 4.79. The highest BCUT2D eigenvalue weighted by atomic mass is 35.5. The molecule has 2 rings (SSSR count). The third-order valence-corrected chi connectivity index (χ3v) is 4.19. The van der Waals surface area contributed by atoms with Crippen LogP contribution < -0.4 is 5.32 Å². The molecule has 0 bridgehead atoms. The van der Waals surface area contributed by atoms with Crippen LogP contribution in [0.4, 0.5) is 0 Å². The van der Waals surface area contributed by atoms with Crippen molar-refractivity contribution in [2.75, 3.05) is 12.3 Å². The van der Waals surface area contributed by atoms with Gasteiger partial charge in [0, 0.05) is 28.9 Å². The first kappa shape index (κ1) is 12.8. The number of hydrogen-bond donors (Lipinski definition) is 1. The van der Waals surface area contributed by atoms with Gasteiger partial charge in [-0.05, 0) is 42.9 Å². The van der Waals surface area contributed by atoms with Gasteiger partial charge in [0.05, 0.1) is 0 Å². The second kappa shape index (κ2) is 6.35. The van der Waals surface area contributed by atoms with Gasteiger partial charge in [0.25, 0.3) is 0 Å². The summed E-state index contributed by atoms with van der Waals surface area (Å²) in [5.41, 5.74) is 1.35. The summed E-state index contributed by atoms with van der Waals surface area (Å²) in [5.74, 6) is 7.17. The summed E-state index contributed by atoms with van der Waals surface area (Å²) in [6.07, 6.45) is 2.08. The van der Waals surface area contributed by atoms with Crippen molar-refractivity contribution in [1.82, 2.24) is 5.32 Å². The first-order valence-corrected chi connectivity index (χ1v) is 7.23. The normalized spacial score (nSPS) is 18.1. The van der Waals surface area contributed by atoms with Crippen molar-refractivity contribution in [3.05, 3.63) is 28.8 Å². The molecule has 1 aromatic rings. The van der Waals surface area contributed by atoms with Crippen LogP contribution in [-0.4, -0.2) is 12.3 Å². The van der Waals surface area contributed by atoms with E-state index in [1.54, 1.807) is 0 Å². The van der Waals surface area contributed by atoms with Crippen LogP contribution in [0.1, 0.15) is 31.4 Å². The van der Waals surface area contributed by atoms with Gasteiger partial charge < -0.3 is 5.32 Å². The molecule has 1 aliphatic heterocycles. The van der Waals surface area contributed by atoms with Crippen LogP contribution in [0.2, 0.25) is 5.02 Å².